The van der Waals surface area contributed by atoms with Gasteiger partial charge in [-0.2, -0.15) is 0 Å². The Morgan fingerprint density at radius 3 is 1.69 bits per heavy atom. The van der Waals surface area contributed by atoms with Crippen molar-refractivity contribution in [2.24, 2.45) is 0 Å². The Bertz CT molecular complexity index is 234. The minimum atomic E-state index is -0.889. The lowest BCUT2D eigenvalue weighted by Crippen LogP contribution is -2.68. The van der Waals surface area contributed by atoms with Gasteiger partial charge in [-0.05, 0) is 21.0 Å². The van der Waals surface area contributed by atoms with Crippen molar-refractivity contribution in [1.82, 2.24) is 15.5 Å². The first kappa shape index (κ1) is 14.9. The molecule has 0 aliphatic rings. The van der Waals surface area contributed by atoms with Crippen molar-refractivity contribution in [3.05, 3.63) is 6.92 Å². The summed E-state index contributed by atoms with van der Waals surface area (Å²) in [5.41, 5.74) is 0. The zero-order valence-corrected chi connectivity index (χ0v) is 10.6. The van der Waals surface area contributed by atoms with E-state index >= 15 is 0 Å². The van der Waals surface area contributed by atoms with Crippen molar-refractivity contribution in [1.29, 1.82) is 0 Å². The molecular formula is C11H22N3O2. The summed E-state index contributed by atoms with van der Waals surface area (Å²) in [6, 6.07) is 0. The minimum Gasteiger partial charge on any atom is -0.321 e. The van der Waals surface area contributed by atoms with Gasteiger partial charge >= 0.3 is 0 Å². The summed E-state index contributed by atoms with van der Waals surface area (Å²) < 4.78 is 0. The number of hydrogen-bond acceptors (Lipinski definition) is 3. The van der Waals surface area contributed by atoms with Crippen LogP contribution in [-0.4, -0.2) is 36.6 Å². The molecule has 2 amide bonds. The monoisotopic (exact) mass is 228 g/mol. The van der Waals surface area contributed by atoms with E-state index in [0.29, 0.717) is 19.3 Å². The average Bonchev–Trinajstić information content (AvgIpc) is 2.27. The zero-order valence-electron chi connectivity index (χ0n) is 10.6. The van der Waals surface area contributed by atoms with Crippen LogP contribution in [0.3, 0.4) is 0 Å². The van der Waals surface area contributed by atoms with Gasteiger partial charge in [-0.25, -0.2) is 0 Å². The van der Waals surface area contributed by atoms with E-state index < -0.39 is 5.79 Å². The van der Waals surface area contributed by atoms with E-state index in [-0.39, 0.29) is 11.8 Å². The summed E-state index contributed by atoms with van der Waals surface area (Å²) in [6.45, 7) is 7.31. The van der Waals surface area contributed by atoms with E-state index in [2.05, 4.69) is 17.6 Å². The van der Waals surface area contributed by atoms with Crippen molar-refractivity contribution in [2.75, 3.05) is 14.1 Å². The fourth-order valence-electron chi connectivity index (χ4n) is 1.24. The zero-order chi connectivity index (χ0) is 12.8. The van der Waals surface area contributed by atoms with Gasteiger partial charge in [0, 0.05) is 19.3 Å². The Hall–Kier alpha value is -1.10. The molecule has 0 unspecified atom stereocenters. The van der Waals surface area contributed by atoms with Crippen LogP contribution in [0.25, 0.3) is 0 Å². The van der Waals surface area contributed by atoms with E-state index in [9.17, 15) is 9.59 Å². The molecule has 0 aromatic carbocycles. The summed E-state index contributed by atoms with van der Waals surface area (Å²) in [6.07, 6.45) is 1.10. The number of rotatable bonds is 6. The lowest BCUT2D eigenvalue weighted by molar-refractivity contribution is -0.131. The van der Waals surface area contributed by atoms with Crippen molar-refractivity contribution in [3.63, 3.8) is 0 Å². The van der Waals surface area contributed by atoms with Crippen molar-refractivity contribution in [3.8, 4) is 0 Å². The van der Waals surface area contributed by atoms with Crippen LogP contribution < -0.4 is 10.6 Å². The maximum atomic E-state index is 11.4. The summed E-state index contributed by atoms with van der Waals surface area (Å²) in [7, 11) is 3.58. The Morgan fingerprint density at radius 1 is 1.12 bits per heavy atom. The average molecular weight is 228 g/mol. The lowest BCUT2D eigenvalue weighted by atomic mass is 10.2. The van der Waals surface area contributed by atoms with Crippen molar-refractivity contribution in [2.45, 2.75) is 38.9 Å². The third-order valence-corrected chi connectivity index (χ3v) is 2.46. The molecule has 0 atom stereocenters. The number of hydrogen-bond donors (Lipinski definition) is 2. The molecule has 93 valence electrons. The first-order valence-electron chi connectivity index (χ1n) is 5.50. The van der Waals surface area contributed by atoms with Gasteiger partial charge < -0.3 is 10.6 Å². The fraction of sp³-hybridized carbons (Fsp3) is 0.727. The molecule has 0 spiro atoms. The van der Waals surface area contributed by atoms with Gasteiger partial charge in [-0.1, -0.05) is 13.8 Å². The van der Waals surface area contributed by atoms with E-state index in [0.717, 1.165) is 0 Å². The SMILES string of the molecule is [CH2]CC(NC(=O)CC)(NC(=O)CC)N(C)C. The van der Waals surface area contributed by atoms with Gasteiger partial charge in [0.15, 0.2) is 5.79 Å². The molecule has 0 aromatic rings. The highest BCUT2D eigenvalue weighted by molar-refractivity contribution is 5.79. The van der Waals surface area contributed by atoms with Gasteiger partial charge in [0.05, 0.1) is 0 Å². The summed E-state index contributed by atoms with van der Waals surface area (Å²) >= 11 is 0. The van der Waals surface area contributed by atoms with Crippen molar-refractivity contribution < 1.29 is 9.59 Å². The van der Waals surface area contributed by atoms with Gasteiger partial charge in [-0.3, -0.25) is 14.5 Å². The first-order valence-corrected chi connectivity index (χ1v) is 5.50. The van der Waals surface area contributed by atoms with Crippen LogP contribution in [0.1, 0.15) is 33.1 Å². The number of nitrogens with zero attached hydrogens (tertiary/aromatic N) is 1. The number of carbonyl (C=O) groups is 2. The van der Waals surface area contributed by atoms with E-state index in [1.807, 2.05) is 0 Å². The fourth-order valence-corrected chi connectivity index (χ4v) is 1.24. The van der Waals surface area contributed by atoms with E-state index in [1.165, 1.54) is 0 Å². The topological polar surface area (TPSA) is 61.4 Å². The molecule has 0 saturated heterocycles. The molecule has 2 N–H and O–H groups in total. The van der Waals surface area contributed by atoms with Gasteiger partial charge in [0.25, 0.3) is 0 Å². The highest BCUT2D eigenvalue weighted by Gasteiger charge is 2.33. The molecule has 0 aliphatic heterocycles. The molecule has 0 aromatic heterocycles. The molecule has 0 bridgehead atoms. The molecule has 0 aliphatic carbocycles. The summed E-state index contributed by atoms with van der Waals surface area (Å²) in [5.74, 6) is -1.12. The van der Waals surface area contributed by atoms with Crippen LogP contribution in [0.5, 0.6) is 0 Å². The van der Waals surface area contributed by atoms with Gasteiger partial charge in [0.1, 0.15) is 0 Å². The number of carbonyl (C=O) groups excluding carboxylic acids is 2. The second-order valence-corrected chi connectivity index (χ2v) is 3.81. The van der Waals surface area contributed by atoms with Crippen LogP contribution in [-0.2, 0) is 9.59 Å². The number of amides is 2. The third kappa shape index (κ3) is 3.81. The molecule has 0 fully saturated rings. The largest absolute Gasteiger partial charge is 0.321 e. The second kappa shape index (κ2) is 6.48. The number of nitrogens with one attached hydrogen (secondary N) is 2. The maximum Gasteiger partial charge on any atom is 0.222 e. The van der Waals surface area contributed by atoms with Crippen LogP contribution in [0.2, 0.25) is 0 Å². The van der Waals surface area contributed by atoms with E-state index in [1.54, 1.807) is 32.8 Å². The van der Waals surface area contributed by atoms with Crippen molar-refractivity contribution >= 4 is 11.8 Å². The predicted octanol–water partition coefficient (Wildman–Crippen LogP) is 0.478. The molecular weight excluding hydrogens is 206 g/mol. The summed E-state index contributed by atoms with van der Waals surface area (Å²) in [4.78, 5) is 24.6. The smallest absolute Gasteiger partial charge is 0.222 e. The van der Waals surface area contributed by atoms with Gasteiger partial charge in [0.2, 0.25) is 11.8 Å². The molecule has 16 heavy (non-hydrogen) atoms. The molecule has 0 saturated carbocycles. The Kier molecular flexibility index (Phi) is 6.03. The lowest BCUT2D eigenvalue weighted by Gasteiger charge is -2.40. The first-order chi connectivity index (χ1) is 7.41. The Labute approximate surface area is 97.6 Å². The third-order valence-electron chi connectivity index (χ3n) is 2.46. The van der Waals surface area contributed by atoms with Crippen LogP contribution in [0.4, 0.5) is 0 Å². The highest BCUT2D eigenvalue weighted by atomic mass is 16.2. The minimum absolute atomic E-state index is 0.117. The maximum absolute atomic E-state index is 11.4. The highest BCUT2D eigenvalue weighted by Crippen LogP contribution is 2.10. The second-order valence-electron chi connectivity index (χ2n) is 3.81. The molecule has 0 rings (SSSR count). The quantitative estimate of drug-likeness (QED) is 0.650. The summed E-state index contributed by atoms with van der Waals surface area (Å²) in [5, 5.41) is 5.57. The van der Waals surface area contributed by atoms with Crippen LogP contribution >= 0.6 is 0 Å². The molecule has 0 heterocycles. The predicted molar refractivity (Wildman–Crippen MR) is 63.3 cm³/mol. The Morgan fingerprint density at radius 2 is 1.50 bits per heavy atom. The van der Waals surface area contributed by atoms with Gasteiger partial charge in [-0.15, -0.1) is 0 Å². The molecule has 5 nitrogen and oxygen atoms in total. The van der Waals surface area contributed by atoms with Crippen LogP contribution in [0, 0.1) is 6.92 Å². The Balaban J connectivity index is 4.84. The normalized spacial score (nSPS) is 11.4. The molecule has 1 radical (unpaired) electrons. The molecule has 5 heteroatoms. The van der Waals surface area contributed by atoms with Crippen LogP contribution in [0.15, 0.2) is 0 Å². The van der Waals surface area contributed by atoms with E-state index in [4.69, 9.17) is 0 Å². The standard InChI is InChI=1S/C11H22N3O2/c1-6-9(15)12-11(8-3,14(4)5)13-10(16)7-2/h3,6-8H2,1-2,4-5H3,(H,12,15)(H,13,16).